The van der Waals surface area contributed by atoms with Crippen molar-refractivity contribution in [3.63, 3.8) is 0 Å². The third kappa shape index (κ3) is 9.15. The highest BCUT2D eigenvalue weighted by molar-refractivity contribution is 5.91. The lowest BCUT2D eigenvalue weighted by Crippen LogP contribution is -2.57. The van der Waals surface area contributed by atoms with Crippen LogP contribution < -0.4 is 5.32 Å². The molecule has 0 aromatic heterocycles. The molecule has 0 bridgehead atoms. The Hall–Kier alpha value is -3.82. The molecule has 0 unspecified atom stereocenters. The molecule has 0 aliphatic carbocycles. The van der Waals surface area contributed by atoms with Gasteiger partial charge in [0.25, 0.3) is 0 Å². The van der Waals surface area contributed by atoms with E-state index in [1.54, 1.807) is 40.0 Å². The van der Waals surface area contributed by atoms with E-state index in [4.69, 9.17) is 14.2 Å². The van der Waals surface area contributed by atoms with Crippen LogP contribution in [0.1, 0.15) is 51.2 Å². The van der Waals surface area contributed by atoms with Gasteiger partial charge in [-0.05, 0) is 35.4 Å². The zero-order valence-corrected chi connectivity index (χ0v) is 23.6. The quantitative estimate of drug-likeness (QED) is 0.193. The van der Waals surface area contributed by atoms with Gasteiger partial charge in [0.2, 0.25) is 5.91 Å². The minimum absolute atomic E-state index is 0.0211. The second-order valence-corrected chi connectivity index (χ2v) is 10.6. The molecule has 0 radical (unpaired) electrons. The van der Waals surface area contributed by atoms with Crippen LogP contribution in [0.5, 0.6) is 0 Å². The lowest BCUT2D eigenvalue weighted by molar-refractivity contribution is -0.152. The number of hydrogen-bond acceptors (Lipinski definition) is 7. The number of alkyl carbamates (subject to hydrolysis) is 1. The van der Waals surface area contributed by atoms with Crippen LogP contribution in [-0.2, 0) is 30.3 Å². The van der Waals surface area contributed by atoms with E-state index in [2.05, 4.69) is 18.5 Å². The van der Waals surface area contributed by atoms with Gasteiger partial charge in [0.05, 0.1) is 20.3 Å². The van der Waals surface area contributed by atoms with Gasteiger partial charge in [0.1, 0.15) is 18.2 Å². The highest BCUT2D eigenvalue weighted by Gasteiger charge is 2.46. The molecule has 1 N–H and O–H groups in total. The fraction of sp³-hybridized carbons (Fsp3) is 0.517. The van der Waals surface area contributed by atoms with Crippen molar-refractivity contribution >= 4 is 30.1 Å². The van der Waals surface area contributed by atoms with Crippen molar-refractivity contribution < 1.29 is 33.4 Å². The van der Waals surface area contributed by atoms with Crippen molar-refractivity contribution in [1.29, 1.82) is 0 Å². The van der Waals surface area contributed by atoms with Gasteiger partial charge in [0.15, 0.2) is 0 Å². The number of amides is 3. The van der Waals surface area contributed by atoms with Gasteiger partial charge in [-0.3, -0.25) is 4.79 Å². The predicted octanol–water partition coefficient (Wildman–Crippen LogP) is 4.15. The molecule has 39 heavy (non-hydrogen) atoms. The first-order valence-electron chi connectivity index (χ1n) is 13.0. The largest absolute Gasteiger partial charge is 0.467 e. The molecule has 0 saturated carbocycles. The van der Waals surface area contributed by atoms with Crippen LogP contribution in [0.3, 0.4) is 0 Å². The summed E-state index contributed by atoms with van der Waals surface area (Å²) in [6, 6.07) is 5.64. The Morgan fingerprint density at radius 2 is 1.95 bits per heavy atom. The van der Waals surface area contributed by atoms with Crippen molar-refractivity contribution in [2.75, 3.05) is 27.3 Å². The molecule has 1 heterocycles. The molecular weight excluding hydrogens is 502 g/mol. The average molecular weight is 544 g/mol. The number of benzene rings is 1. The van der Waals surface area contributed by atoms with Crippen molar-refractivity contribution in [3.8, 4) is 0 Å². The van der Waals surface area contributed by atoms with Gasteiger partial charge in [-0.25, -0.2) is 14.4 Å². The summed E-state index contributed by atoms with van der Waals surface area (Å²) in [4.78, 5) is 54.3. The minimum Gasteiger partial charge on any atom is -0.467 e. The summed E-state index contributed by atoms with van der Waals surface area (Å²) >= 11 is 0. The third-order valence-electron chi connectivity index (χ3n) is 6.37. The van der Waals surface area contributed by atoms with Crippen LogP contribution >= 0.6 is 0 Å². The normalized spacial score (nSPS) is 17.5. The zero-order valence-electron chi connectivity index (χ0n) is 23.6. The van der Waals surface area contributed by atoms with Crippen LogP contribution in [0.4, 0.5) is 9.59 Å². The summed E-state index contributed by atoms with van der Waals surface area (Å²) in [5, 5.41) is 2.65. The molecule has 10 heteroatoms. The Morgan fingerprint density at radius 3 is 2.56 bits per heavy atom. The first-order valence-corrected chi connectivity index (χ1v) is 13.0. The average Bonchev–Trinajstić information content (AvgIpc) is 3.32. The van der Waals surface area contributed by atoms with Crippen molar-refractivity contribution in [2.24, 2.45) is 5.41 Å². The smallest absolute Gasteiger partial charge is 0.410 e. The number of unbranched alkanes of at least 4 members (excludes halogenated alkanes) is 1. The number of nitrogens with zero attached hydrogens (tertiary/aromatic N) is 2. The summed E-state index contributed by atoms with van der Waals surface area (Å²) in [6.45, 7) is 13.2. The Kier molecular flexibility index (Phi) is 11.6. The van der Waals surface area contributed by atoms with E-state index >= 15 is 0 Å². The van der Waals surface area contributed by atoms with Gasteiger partial charge < -0.3 is 29.3 Å². The maximum atomic E-state index is 13.7. The summed E-state index contributed by atoms with van der Waals surface area (Å²) in [5.74, 6) is -1.12. The highest BCUT2D eigenvalue weighted by Crippen LogP contribution is 2.28. The maximum absolute atomic E-state index is 13.7. The summed E-state index contributed by atoms with van der Waals surface area (Å²) in [6.07, 6.45) is 2.78. The number of rotatable bonds is 11. The molecule has 1 aromatic rings. The van der Waals surface area contributed by atoms with E-state index in [0.717, 1.165) is 11.1 Å². The fourth-order valence-electron chi connectivity index (χ4n) is 4.24. The van der Waals surface area contributed by atoms with Crippen LogP contribution in [0.2, 0.25) is 0 Å². The van der Waals surface area contributed by atoms with Crippen LogP contribution in [-0.4, -0.2) is 79.4 Å². The molecule has 3 atom stereocenters. The molecule has 1 aromatic carbocycles. The number of hydrogen-bond donors (Lipinski definition) is 1. The van der Waals surface area contributed by atoms with Crippen LogP contribution in [0, 0.1) is 5.41 Å². The number of nitrogens with one attached hydrogen (secondary N) is 1. The molecular formula is C29H41N3O7. The number of esters is 1. The molecule has 10 nitrogen and oxygen atoms in total. The lowest BCUT2D eigenvalue weighted by Gasteiger charge is -2.34. The Labute approximate surface area is 230 Å². The molecule has 1 saturated heterocycles. The first kappa shape index (κ1) is 31.4. The maximum Gasteiger partial charge on any atom is 0.410 e. The number of allylic oxidation sites excluding steroid dienone is 1. The fourth-order valence-corrected chi connectivity index (χ4v) is 4.24. The summed E-state index contributed by atoms with van der Waals surface area (Å²) in [5.41, 5.74) is 1.13. The SMILES string of the molecule is C=CCCCOC(=O)N[C@H](C(=O)N1C[C@H](OC(=O)N(C)Cc2cccc(C=C)c2)C[C@H]1C(=O)OC)C(C)(C)C. The Balaban J connectivity index is 2.12. The van der Waals surface area contributed by atoms with E-state index in [1.807, 2.05) is 24.3 Å². The number of likely N-dealkylation sites (tertiary alicyclic amines) is 1. The van der Waals surface area contributed by atoms with E-state index in [0.29, 0.717) is 19.4 Å². The molecule has 2 rings (SSSR count). The third-order valence-corrected chi connectivity index (χ3v) is 6.37. The van der Waals surface area contributed by atoms with Crippen molar-refractivity contribution in [1.82, 2.24) is 15.1 Å². The van der Waals surface area contributed by atoms with Crippen LogP contribution in [0.25, 0.3) is 6.08 Å². The van der Waals surface area contributed by atoms with Gasteiger partial charge in [-0.15, -0.1) is 6.58 Å². The molecule has 214 valence electrons. The van der Waals surface area contributed by atoms with Gasteiger partial charge >= 0.3 is 18.2 Å². The number of methoxy groups -OCH3 is 1. The number of ether oxygens (including phenoxy) is 3. The zero-order chi connectivity index (χ0) is 29.2. The highest BCUT2D eigenvalue weighted by atomic mass is 16.6. The summed E-state index contributed by atoms with van der Waals surface area (Å²) < 4.78 is 15.8. The number of carbonyl (C=O) groups is 4. The van der Waals surface area contributed by atoms with Crippen molar-refractivity contribution in [2.45, 2.75) is 64.8 Å². The first-order chi connectivity index (χ1) is 18.4. The van der Waals surface area contributed by atoms with Gasteiger partial charge in [-0.2, -0.15) is 0 Å². The van der Waals surface area contributed by atoms with E-state index in [-0.39, 0.29) is 19.6 Å². The van der Waals surface area contributed by atoms with Crippen LogP contribution in [0.15, 0.2) is 43.5 Å². The number of carbonyl (C=O) groups excluding carboxylic acids is 4. The molecule has 3 amide bonds. The monoisotopic (exact) mass is 543 g/mol. The topological polar surface area (TPSA) is 114 Å². The minimum atomic E-state index is -0.995. The summed E-state index contributed by atoms with van der Waals surface area (Å²) in [7, 11) is 2.84. The molecule has 1 aliphatic rings. The Bertz CT molecular complexity index is 1050. The Morgan fingerprint density at radius 1 is 1.23 bits per heavy atom. The lowest BCUT2D eigenvalue weighted by atomic mass is 9.85. The standard InChI is InChI=1S/C29H41N3O7/c1-8-10-11-15-38-27(35)30-24(29(3,4)5)25(33)32-19-22(17-23(32)26(34)37-7)39-28(36)31(6)18-21-14-12-13-20(9-2)16-21/h8-9,12-14,16,22-24H,1-2,10-11,15,17-19H2,3-7H3,(H,30,35)/t22-,23+,24-/m1/s1. The molecule has 1 fully saturated rings. The second-order valence-electron chi connectivity index (χ2n) is 10.6. The van der Waals surface area contributed by atoms with E-state index < -0.39 is 47.7 Å². The van der Waals surface area contributed by atoms with E-state index in [9.17, 15) is 19.2 Å². The van der Waals surface area contributed by atoms with Gasteiger partial charge in [-0.1, -0.05) is 57.7 Å². The van der Waals surface area contributed by atoms with Crippen molar-refractivity contribution in [3.05, 3.63) is 54.6 Å². The molecule has 1 aliphatic heterocycles. The van der Waals surface area contributed by atoms with Gasteiger partial charge in [0, 0.05) is 20.0 Å². The second kappa shape index (κ2) is 14.4. The predicted molar refractivity (Wildman–Crippen MR) is 148 cm³/mol. The molecule has 0 spiro atoms. The van der Waals surface area contributed by atoms with E-state index in [1.165, 1.54) is 16.9 Å².